The minimum Gasteiger partial charge on any atom is -0.491 e. The summed E-state index contributed by atoms with van der Waals surface area (Å²) in [5, 5.41) is 27.2. The molecule has 4 aromatic rings. The van der Waals surface area contributed by atoms with Crippen LogP contribution < -0.4 is 10.2 Å². The molecule has 3 N–H and O–H groups in total. The van der Waals surface area contributed by atoms with Crippen LogP contribution in [-0.2, 0) is 5.60 Å². The lowest BCUT2D eigenvalue weighted by molar-refractivity contribution is 0.0786. The second-order valence-electron chi connectivity index (χ2n) is 8.46. The maximum Gasteiger partial charge on any atom is 0.488 e. The van der Waals surface area contributed by atoms with Gasteiger partial charge in [-0.25, -0.2) is 4.98 Å². The highest BCUT2D eigenvalue weighted by Gasteiger charge is 2.17. The van der Waals surface area contributed by atoms with E-state index in [1.165, 1.54) is 0 Å². The first-order valence-electron chi connectivity index (χ1n) is 10.6. The van der Waals surface area contributed by atoms with Gasteiger partial charge in [-0.15, -0.1) is 0 Å². The lowest BCUT2D eigenvalue weighted by Crippen LogP contribution is -2.30. The summed E-state index contributed by atoms with van der Waals surface area (Å²) in [6.07, 6.45) is 2.03. The van der Waals surface area contributed by atoms with Crippen LogP contribution in [0.3, 0.4) is 0 Å². The molecule has 33 heavy (non-hydrogen) atoms. The Hall–Kier alpha value is -2.65. The van der Waals surface area contributed by atoms with Gasteiger partial charge in [-0.3, -0.25) is 4.57 Å². The Kier molecular flexibility index (Phi) is 7.97. The van der Waals surface area contributed by atoms with Crippen molar-refractivity contribution in [3.05, 3.63) is 83.1 Å². The van der Waals surface area contributed by atoms with E-state index in [2.05, 4.69) is 31.5 Å². The van der Waals surface area contributed by atoms with Gasteiger partial charge in [-0.1, -0.05) is 40.2 Å². The third-order valence-corrected chi connectivity index (χ3v) is 5.40. The fraction of sp³-hybridized carbons (Fsp3) is 0.240. The average Bonchev–Trinajstić information content (AvgIpc) is 3.17. The lowest BCUT2D eigenvalue weighted by atomic mass is 9.79. The molecular formula is C25H28BBrN2O4. The van der Waals surface area contributed by atoms with E-state index in [1.54, 1.807) is 38.1 Å². The highest BCUT2D eigenvalue weighted by molar-refractivity contribution is 9.10. The Morgan fingerprint density at radius 2 is 1.61 bits per heavy atom. The van der Waals surface area contributed by atoms with Crippen molar-refractivity contribution in [3.63, 3.8) is 0 Å². The molecule has 0 radical (unpaired) electrons. The van der Waals surface area contributed by atoms with Crippen LogP contribution in [0.4, 0.5) is 0 Å². The Labute approximate surface area is 202 Å². The van der Waals surface area contributed by atoms with Gasteiger partial charge in [0.25, 0.3) is 0 Å². The Balaban J connectivity index is 0.000000205. The summed E-state index contributed by atoms with van der Waals surface area (Å²) in [6, 6.07) is 20.6. The van der Waals surface area contributed by atoms with E-state index >= 15 is 0 Å². The number of halogens is 1. The normalized spacial score (nSPS) is 11.3. The second-order valence-corrected chi connectivity index (χ2v) is 9.38. The van der Waals surface area contributed by atoms with Crippen LogP contribution in [-0.4, -0.2) is 37.9 Å². The Bertz CT molecular complexity index is 1180. The number of imidazole rings is 1. The summed E-state index contributed by atoms with van der Waals surface area (Å²) >= 11 is 3.50. The molecular weight excluding hydrogens is 483 g/mol. The first-order chi connectivity index (χ1) is 15.5. The summed E-state index contributed by atoms with van der Waals surface area (Å²) in [5.74, 6) is 0.884. The predicted octanol–water partition coefficient (Wildman–Crippen LogP) is 4.17. The van der Waals surface area contributed by atoms with Gasteiger partial charge < -0.3 is 19.9 Å². The fourth-order valence-corrected chi connectivity index (χ4v) is 3.56. The number of ether oxygens (including phenoxy) is 1. The van der Waals surface area contributed by atoms with Crippen LogP contribution in [0.2, 0.25) is 0 Å². The van der Waals surface area contributed by atoms with Gasteiger partial charge in [-0.2, -0.15) is 0 Å². The molecule has 0 saturated heterocycles. The molecule has 0 bridgehead atoms. The molecule has 0 aliphatic rings. The lowest BCUT2D eigenvalue weighted by Gasteiger charge is -2.17. The minimum atomic E-state index is -1.45. The third kappa shape index (κ3) is 6.68. The molecule has 0 atom stereocenters. The standard InChI is InChI=1S/C16H15BrN2O.C9H13BO3/c1-11(2)20-14-6-4-13(5-7-14)19-10-18-15-8-3-12(17)9-16(15)19;1-9(2,11)7-3-5-8(6-4-7)10(12)13/h3-11H,1-2H3;3-6,11-13H,1-2H3. The Morgan fingerprint density at radius 3 is 2.15 bits per heavy atom. The van der Waals surface area contributed by atoms with Gasteiger partial charge in [0.1, 0.15) is 12.1 Å². The van der Waals surface area contributed by atoms with Crippen LogP contribution in [0.5, 0.6) is 5.75 Å². The zero-order valence-corrected chi connectivity index (χ0v) is 20.7. The van der Waals surface area contributed by atoms with Crippen molar-refractivity contribution in [2.45, 2.75) is 39.4 Å². The van der Waals surface area contributed by atoms with E-state index in [4.69, 9.17) is 14.8 Å². The Morgan fingerprint density at radius 1 is 0.970 bits per heavy atom. The summed E-state index contributed by atoms with van der Waals surface area (Å²) in [5.41, 5.74) is 3.41. The summed E-state index contributed by atoms with van der Waals surface area (Å²) < 4.78 is 8.78. The van der Waals surface area contributed by atoms with Crippen molar-refractivity contribution in [2.24, 2.45) is 0 Å². The number of hydrogen-bond acceptors (Lipinski definition) is 5. The van der Waals surface area contributed by atoms with Gasteiger partial charge in [0.15, 0.2) is 0 Å². The molecule has 1 aromatic heterocycles. The molecule has 0 amide bonds. The quantitative estimate of drug-likeness (QED) is 0.351. The van der Waals surface area contributed by atoms with E-state index in [-0.39, 0.29) is 6.10 Å². The molecule has 4 rings (SSSR count). The molecule has 0 saturated carbocycles. The van der Waals surface area contributed by atoms with Gasteiger partial charge in [0.2, 0.25) is 0 Å². The molecule has 0 aliphatic carbocycles. The van der Waals surface area contributed by atoms with Crippen molar-refractivity contribution >= 4 is 39.5 Å². The zero-order valence-electron chi connectivity index (χ0n) is 19.1. The van der Waals surface area contributed by atoms with Gasteiger partial charge in [0.05, 0.1) is 22.7 Å². The van der Waals surface area contributed by atoms with E-state index in [0.29, 0.717) is 5.46 Å². The zero-order chi connectivity index (χ0) is 24.2. The van der Waals surface area contributed by atoms with E-state index < -0.39 is 12.7 Å². The minimum absolute atomic E-state index is 0.186. The molecule has 8 heteroatoms. The predicted molar refractivity (Wildman–Crippen MR) is 136 cm³/mol. The molecule has 0 fully saturated rings. The van der Waals surface area contributed by atoms with Crippen LogP contribution >= 0.6 is 15.9 Å². The van der Waals surface area contributed by atoms with Gasteiger partial charge in [0, 0.05) is 10.2 Å². The number of fused-ring (bicyclic) bond motifs is 1. The molecule has 172 valence electrons. The second kappa shape index (κ2) is 10.5. The van der Waals surface area contributed by atoms with Crippen LogP contribution in [0, 0.1) is 0 Å². The monoisotopic (exact) mass is 510 g/mol. The van der Waals surface area contributed by atoms with Crippen molar-refractivity contribution in [3.8, 4) is 11.4 Å². The maximum absolute atomic E-state index is 9.59. The van der Waals surface area contributed by atoms with Crippen molar-refractivity contribution in [1.29, 1.82) is 0 Å². The largest absolute Gasteiger partial charge is 0.491 e. The number of rotatable bonds is 5. The molecule has 0 spiro atoms. The van der Waals surface area contributed by atoms with Crippen LogP contribution in [0.25, 0.3) is 16.7 Å². The van der Waals surface area contributed by atoms with Crippen LogP contribution in [0.15, 0.2) is 77.5 Å². The smallest absolute Gasteiger partial charge is 0.488 e. The van der Waals surface area contributed by atoms with E-state index in [0.717, 1.165) is 32.5 Å². The van der Waals surface area contributed by atoms with E-state index in [1.807, 2.05) is 56.6 Å². The average molecular weight is 511 g/mol. The van der Waals surface area contributed by atoms with Crippen LogP contribution in [0.1, 0.15) is 33.3 Å². The topological polar surface area (TPSA) is 87.7 Å². The molecule has 3 aromatic carbocycles. The van der Waals surface area contributed by atoms with E-state index in [9.17, 15) is 5.11 Å². The maximum atomic E-state index is 9.59. The number of aromatic nitrogens is 2. The SMILES string of the molecule is CC(C)(O)c1ccc(B(O)O)cc1.CC(C)Oc1ccc(-n2cnc3ccc(Br)cc32)cc1. The van der Waals surface area contributed by atoms with Crippen molar-refractivity contribution in [2.75, 3.05) is 0 Å². The molecule has 0 aliphatic heterocycles. The summed E-state index contributed by atoms with van der Waals surface area (Å²) in [6.45, 7) is 7.40. The summed E-state index contributed by atoms with van der Waals surface area (Å²) in [4.78, 5) is 4.42. The van der Waals surface area contributed by atoms with Crippen molar-refractivity contribution < 1.29 is 19.9 Å². The first kappa shape index (κ1) is 25.0. The highest BCUT2D eigenvalue weighted by atomic mass is 79.9. The van der Waals surface area contributed by atoms with Crippen molar-refractivity contribution in [1.82, 2.24) is 9.55 Å². The molecule has 6 nitrogen and oxygen atoms in total. The summed E-state index contributed by atoms with van der Waals surface area (Å²) in [7, 11) is -1.45. The highest BCUT2D eigenvalue weighted by Crippen LogP contribution is 2.23. The third-order valence-electron chi connectivity index (χ3n) is 4.91. The number of aliphatic hydroxyl groups is 1. The van der Waals surface area contributed by atoms with Gasteiger partial charge in [-0.05, 0) is 81.2 Å². The van der Waals surface area contributed by atoms with Gasteiger partial charge >= 0.3 is 7.12 Å². The number of hydrogen-bond donors (Lipinski definition) is 3. The molecule has 1 heterocycles. The molecule has 0 unspecified atom stereocenters. The first-order valence-corrected chi connectivity index (χ1v) is 11.4. The number of nitrogens with zero attached hydrogens (tertiary/aromatic N) is 2. The fourth-order valence-electron chi connectivity index (χ4n) is 3.21. The number of benzene rings is 3.